The molecule has 208 valence electrons. The van der Waals surface area contributed by atoms with Crippen molar-refractivity contribution >= 4 is 60.7 Å². The van der Waals surface area contributed by atoms with Crippen LogP contribution in [-0.2, 0) is 19.6 Å². The lowest BCUT2D eigenvalue weighted by atomic mass is 9.99. The second-order valence-electron chi connectivity index (χ2n) is 9.39. The molecule has 4 heterocycles. The number of nitrogen functional groups attached to an aromatic ring is 1. The highest BCUT2D eigenvalue weighted by molar-refractivity contribution is 7.90. The molecule has 0 saturated heterocycles. The van der Waals surface area contributed by atoms with Crippen LogP contribution < -0.4 is 16.4 Å². The Bertz CT molecular complexity index is 2140. The van der Waals surface area contributed by atoms with Crippen LogP contribution >= 0.6 is 0 Å². The zero-order chi connectivity index (χ0) is 29.4. The molecule has 0 saturated carbocycles. The van der Waals surface area contributed by atoms with Gasteiger partial charge in [0.2, 0.25) is 0 Å². The number of para-hydroxylation sites is 1. The molecule has 2 aromatic carbocycles. The summed E-state index contributed by atoms with van der Waals surface area (Å²) in [6.07, 6.45) is 8.68. The zero-order valence-corrected chi connectivity index (χ0v) is 22.8. The summed E-state index contributed by atoms with van der Waals surface area (Å²) in [5.41, 5.74) is 9.82. The number of nitrogens with two attached hydrogens (primary N) is 1. The second kappa shape index (κ2) is 10.4. The summed E-state index contributed by atoms with van der Waals surface area (Å²) in [5.74, 6) is -1.92. The molecule has 0 unspecified atom stereocenters. The minimum Gasteiger partial charge on any atom is -0.398 e. The van der Waals surface area contributed by atoms with E-state index >= 15 is 0 Å². The number of hydrogen-bond donors (Lipinski definition) is 3. The van der Waals surface area contributed by atoms with E-state index in [1.807, 2.05) is 25.1 Å². The number of amides is 2. The lowest BCUT2D eigenvalue weighted by Crippen LogP contribution is -2.29. The van der Waals surface area contributed by atoms with Gasteiger partial charge in [0.25, 0.3) is 10.0 Å². The first-order valence-electron chi connectivity index (χ1n) is 12.6. The van der Waals surface area contributed by atoms with Crippen molar-refractivity contribution in [2.75, 3.05) is 16.4 Å². The third-order valence-corrected chi connectivity index (χ3v) is 8.18. The predicted octanol–water partition coefficient (Wildman–Crippen LogP) is 3.75. The van der Waals surface area contributed by atoms with Gasteiger partial charge in [0.1, 0.15) is 10.7 Å². The number of nitrogens with one attached hydrogen (secondary N) is 2. The highest BCUT2D eigenvalue weighted by atomic mass is 32.2. The fourth-order valence-electron chi connectivity index (χ4n) is 4.52. The molecule has 13 heteroatoms. The third-order valence-electron chi connectivity index (χ3n) is 6.60. The molecule has 0 aliphatic heterocycles. The van der Waals surface area contributed by atoms with E-state index in [9.17, 15) is 18.0 Å². The number of aromatic nitrogens is 5. The van der Waals surface area contributed by atoms with Crippen molar-refractivity contribution in [2.45, 2.75) is 11.8 Å². The van der Waals surface area contributed by atoms with Crippen molar-refractivity contribution in [3.8, 4) is 11.1 Å². The van der Waals surface area contributed by atoms with E-state index in [0.717, 1.165) is 29.1 Å². The normalized spacial score (nSPS) is 11.5. The first-order valence-corrected chi connectivity index (χ1v) is 14.0. The SMILES string of the molecule is Cc1ccncc1-c1cc(N)c2cnc(NC(=O)C(=O)Nc3cnn(S(=O)(=O)c4cccc5cccnc45)c3)cc2c1. The zero-order valence-electron chi connectivity index (χ0n) is 22.0. The second-order valence-corrected chi connectivity index (χ2v) is 11.2. The van der Waals surface area contributed by atoms with Crippen LogP contribution in [0.25, 0.3) is 32.8 Å². The number of aryl methyl sites for hydroxylation is 1. The molecule has 0 fully saturated rings. The van der Waals surface area contributed by atoms with Gasteiger partial charge >= 0.3 is 11.8 Å². The molecule has 4 N–H and O–H groups in total. The van der Waals surface area contributed by atoms with Crippen LogP contribution in [0, 0.1) is 6.92 Å². The number of hydrogen-bond acceptors (Lipinski definition) is 9. The Morgan fingerprint density at radius 3 is 2.52 bits per heavy atom. The van der Waals surface area contributed by atoms with E-state index < -0.39 is 21.8 Å². The van der Waals surface area contributed by atoms with Crippen molar-refractivity contribution in [2.24, 2.45) is 0 Å². The van der Waals surface area contributed by atoms with E-state index in [2.05, 4.69) is 30.7 Å². The molecular weight excluding hydrogens is 556 g/mol. The van der Waals surface area contributed by atoms with Gasteiger partial charge in [0.05, 0.1) is 23.6 Å². The van der Waals surface area contributed by atoms with Crippen LogP contribution in [0.2, 0.25) is 0 Å². The van der Waals surface area contributed by atoms with Crippen LogP contribution in [0.15, 0.2) is 96.7 Å². The standard InChI is InChI=1S/C29H22N8O4S/c1-17-7-9-31-14-22(17)19-10-20-12-26(33-15-23(20)24(30)11-19)36-29(39)28(38)35-21-13-34-37(16-21)42(40,41)25-6-2-4-18-5-3-8-32-27(18)25/h2-16H,30H2,1H3,(H,35,38)(H,33,36,39). The Kier molecular flexibility index (Phi) is 6.55. The maximum atomic E-state index is 13.2. The van der Waals surface area contributed by atoms with Gasteiger partial charge in [-0.05, 0) is 59.8 Å². The van der Waals surface area contributed by atoms with Gasteiger partial charge < -0.3 is 16.4 Å². The number of pyridine rings is 3. The molecule has 0 bridgehead atoms. The van der Waals surface area contributed by atoms with E-state index in [4.69, 9.17) is 5.73 Å². The number of anilines is 3. The molecule has 4 aromatic heterocycles. The minimum atomic E-state index is -4.13. The Hall–Kier alpha value is -5.69. The monoisotopic (exact) mass is 578 g/mol. The average Bonchev–Trinajstić information content (AvgIpc) is 3.46. The molecule has 0 atom stereocenters. The van der Waals surface area contributed by atoms with Crippen LogP contribution in [0.5, 0.6) is 0 Å². The lowest BCUT2D eigenvalue weighted by Gasteiger charge is -2.11. The van der Waals surface area contributed by atoms with Crippen LogP contribution in [-0.4, -0.2) is 44.4 Å². The van der Waals surface area contributed by atoms with E-state index in [-0.39, 0.29) is 21.9 Å². The minimum absolute atomic E-state index is 0.00245. The quantitative estimate of drug-likeness (QED) is 0.203. The number of rotatable bonds is 5. The van der Waals surface area contributed by atoms with Gasteiger partial charge in [0, 0.05) is 46.8 Å². The van der Waals surface area contributed by atoms with Gasteiger partial charge in [-0.3, -0.25) is 19.6 Å². The highest BCUT2D eigenvalue weighted by Crippen LogP contribution is 2.31. The number of fused-ring (bicyclic) bond motifs is 2. The molecule has 0 radical (unpaired) electrons. The van der Waals surface area contributed by atoms with Crippen molar-refractivity contribution in [3.63, 3.8) is 0 Å². The maximum Gasteiger partial charge on any atom is 0.315 e. The Balaban J connectivity index is 1.20. The summed E-state index contributed by atoms with van der Waals surface area (Å²) >= 11 is 0. The molecule has 12 nitrogen and oxygen atoms in total. The smallest absolute Gasteiger partial charge is 0.315 e. The molecular formula is C29H22N8O4S. The van der Waals surface area contributed by atoms with Crippen LogP contribution in [0.1, 0.15) is 5.56 Å². The molecule has 6 aromatic rings. The molecule has 0 aliphatic carbocycles. The predicted molar refractivity (Wildman–Crippen MR) is 158 cm³/mol. The topological polar surface area (TPSA) is 175 Å². The van der Waals surface area contributed by atoms with Crippen molar-refractivity contribution in [1.29, 1.82) is 0 Å². The highest BCUT2D eigenvalue weighted by Gasteiger charge is 2.23. The summed E-state index contributed by atoms with van der Waals surface area (Å²) in [6.45, 7) is 1.97. The average molecular weight is 579 g/mol. The summed E-state index contributed by atoms with van der Waals surface area (Å²) < 4.78 is 27.2. The Labute approximate surface area is 239 Å². The molecule has 2 amide bonds. The van der Waals surface area contributed by atoms with Gasteiger partial charge in [-0.2, -0.15) is 17.6 Å². The van der Waals surface area contributed by atoms with E-state index in [1.54, 1.807) is 42.7 Å². The first kappa shape index (κ1) is 26.5. The molecule has 42 heavy (non-hydrogen) atoms. The summed E-state index contributed by atoms with van der Waals surface area (Å²) in [6, 6.07) is 15.4. The van der Waals surface area contributed by atoms with Crippen molar-refractivity contribution in [1.82, 2.24) is 24.1 Å². The Morgan fingerprint density at radius 2 is 1.69 bits per heavy atom. The fraction of sp³-hybridized carbons (Fsp3) is 0.0345. The van der Waals surface area contributed by atoms with Gasteiger partial charge in [0.15, 0.2) is 0 Å². The number of nitrogens with zero attached hydrogens (tertiary/aromatic N) is 5. The largest absolute Gasteiger partial charge is 0.398 e. The Morgan fingerprint density at radius 1 is 0.881 bits per heavy atom. The molecule has 6 rings (SSSR count). The van der Waals surface area contributed by atoms with Crippen LogP contribution in [0.3, 0.4) is 0 Å². The van der Waals surface area contributed by atoms with Crippen molar-refractivity contribution in [3.05, 3.63) is 97.3 Å². The first-order chi connectivity index (χ1) is 20.2. The maximum absolute atomic E-state index is 13.2. The number of carbonyl (C=O) groups excluding carboxylic acids is 2. The van der Waals surface area contributed by atoms with E-state index in [0.29, 0.717) is 25.9 Å². The number of benzene rings is 2. The van der Waals surface area contributed by atoms with Crippen LogP contribution in [0.4, 0.5) is 17.2 Å². The van der Waals surface area contributed by atoms with Gasteiger partial charge in [-0.15, -0.1) is 0 Å². The number of carbonyl (C=O) groups is 2. The summed E-state index contributed by atoms with van der Waals surface area (Å²) in [4.78, 5) is 37.8. The summed E-state index contributed by atoms with van der Waals surface area (Å²) in [5, 5.41) is 10.7. The molecule has 0 aliphatic rings. The summed E-state index contributed by atoms with van der Waals surface area (Å²) in [7, 11) is -4.13. The fourth-order valence-corrected chi connectivity index (χ4v) is 5.81. The van der Waals surface area contributed by atoms with E-state index in [1.165, 1.54) is 18.5 Å². The molecule has 0 spiro atoms. The van der Waals surface area contributed by atoms with Gasteiger partial charge in [-0.25, -0.2) is 4.98 Å². The van der Waals surface area contributed by atoms with Gasteiger partial charge in [-0.1, -0.05) is 18.2 Å². The van der Waals surface area contributed by atoms with Crippen molar-refractivity contribution < 1.29 is 18.0 Å². The lowest BCUT2D eigenvalue weighted by molar-refractivity contribution is -0.133. The third kappa shape index (κ3) is 4.88.